The molecule has 13 heteroatoms. The summed E-state index contributed by atoms with van der Waals surface area (Å²) in [6.07, 6.45) is -6.48. The van der Waals surface area contributed by atoms with Crippen LogP contribution in [-0.2, 0) is 34.0 Å². The molecule has 3 aliphatic heterocycles. The number of hydrogen-bond acceptors (Lipinski definition) is 12. The van der Waals surface area contributed by atoms with Crippen molar-refractivity contribution in [2.75, 3.05) is 27.5 Å². The van der Waals surface area contributed by atoms with Crippen molar-refractivity contribution in [1.29, 1.82) is 0 Å². The third kappa shape index (κ3) is 4.64. The minimum atomic E-state index is -1.61. The monoisotopic (exact) mass is 583 g/mol. The Morgan fingerprint density at radius 3 is 2.40 bits per heavy atom. The molecule has 0 spiro atoms. The smallest absolute Gasteiger partial charge is 0.409 e. The van der Waals surface area contributed by atoms with E-state index in [2.05, 4.69) is 0 Å². The highest BCUT2D eigenvalue weighted by atomic mass is 16.7. The van der Waals surface area contributed by atoms with Crippen molar-refractivity contribution in [2.45, 2.75) is 44.4 Å². The van der Waals surface area contributed by atoms with E-state index in [1.54, 1.807) is 30.3 Å². The molecule has 0 radical (unpaired) electrons. The maximum Gasteiger partial charge on any atom is 0.409 e. The maximum absolute atomic E-state index is 13.2. The van der Waals surface area contributed by atoms with E-state index in [0.29, 0.717) is 50.1 Å². The number of ether oxygens (including phenoxy) is 6. The van der Waals surface area contributed by atoms with Crippen LogP contribution in [0, 0.1) is 0 Å². The molecule has 4 N–H and O–H groups in total. The zero-order chi connectivity index (χ0) is 29.7. The van der Waals surface area contributed by atoms with Gasteiger partial charge in [-0.3, -0.25) is 0 Å². The third-order valence-corrected chi connectivity index (χ3v) is 7.50. The molecular weight excluding hydrogens is 554 g/mol. The second-order valence-electron chi connectivity index (χ2n) is 10.3. The Balaban J connectivity index is 1.52. The van der Waals surface area contributed by atoms with Gasteiger partial charge in [0.15, 0.2) is 23.7 Å². The van der Waals surface area contributed by atoms with E-state index in [1.165, 1.54) is 14.1 Å². The number of rotatable bonds is 6. The van der Waals surface area contributed by atoms with Crippen molar-refractivity contribution in [2.24, 2.45) is 0 Å². The molecule has 1 saturated heterocycles. The SMILES string of the molecule is CN(C)C(=O)O[C@H]1[C@H](O)COC(Oc2c3c(c(-c4ccc5c(c4)OCO5)c4cc(CO)c(CO)cc24)C(=O)OC3)[C@@H]1O. The summed E-state index contributed by atoms with van der Waals surface area (Å²) in [6, 6.07) is 8.52. The summed E-state index contributed by atoms with van der Waals surface area (Å²) in [5, 5.41) is 42.5. The molecule has 3 heterocycles. The number of aliphatic hydroxyl groups is 4. The number of benzene rings is 3. The third-order valence-electron chi connectivity index (χ3n) is 7.50. The van der Waals surface area contributed by atoms with Gasteiger partial charge < -0.3 is 53.7 Å². The molecule has 3 aliphatic rings. The van der Waals surface area contributed by atoms with Gasteiger partial charge in [0.05, 0.1) is 25.4 Å². The Bertz CT molecular complexity index is 1570. The number of cyclic esters (lactones) is 1. The van der Waals surface area contributed by atoms with Crippen molar-refractivity contribution in [3.63, 3.8) is 0 Å². The van der Waals surface area contributed by atoms with Crippen LogP contribution < -0.4 is 14.2 Å². The lowest BCUT2D eigenvalue weighted by molar-refractivity contribution is -0.242. The van der Waals surface area contributed by atoms with Gasteiger partial charge in [0.1, 0.15) is 18.5 Å². The summed E-state index contributed by atoms with van der Waals surface area (Å²) in [5.74, 6) is 0.564. The number of carbonyl (C=O) groups is 2. The Labute approximate surface area is 239 Å². The van der Waals surface area contributed by atoms with Crippen molar-refractivity contribution in [3.05, 3.63) is 52.6 Å². The summed E-state index contributed by atoms with van der Waals surface area (Å²) < 4.78 is 33.6. The van der Waals surface area contributed by atoms with E-state index in [1.807, 2.05) is 0 Å². The summed E-state index contributed by atoms with van der Waals surface area (Å²) in [7, 11) is 2.92. The van der Waals surface area contributed by atoms with E-state index in [9.17, 15) is 30.0 Å². The summed E-state index contributed by atoms with van der Waals surface area (Å²) >= 11 is 0. The second-order valence-corrected chi connectivity index (χ2v) is 10.3. The number of aliphatic hydroxyl groups excluding tert-OH is 4. The van der Waals surface area contributed by atoms with E-state index in [4.69, 9.17) is 28.4 Å². The maximum atomic E-state index is 13.2. The van der Waals surface area contributed by atoms with Gasteiger partial charge >= 0.3 is 12.1 Å². The first-order valence-corrected chi connectivity index (χ1v) is 13.2. The Morgan fingerprint density at radius 2 is 1.69 bits per heavy atom. The normalized spacial score (nSPS) is 22.6. The molecule has 0 aromatic heterocycles. The van der Waals surface area contributed by atoms with Crippen molar-refractivity contribution in [3.8, 4) is 28.4 Å². The zero-order valence-corrected chi connectivity index (χ0v) is 22.7. The molecule has 0 bridgehead atoms. The fourth-order valence-electron chi connectivity index (χ4n) is 5.36. The van der Waals surface area contributed by atoms with Gasteiger partial charge in [0, 0.05) is 30.6 Å². The number of nitrogens with zero attached hydrogens (tertiary/aromatic N) is 1. The largest absolute Gasteiger partial charge is 0.461 e. The van der Waals surface area contributed by atoms with Crippen LogP contribution in [0.15, 0.2) is 30.3 Å². The summed E-state index contributed by atoms with van der Waals surface area (Å²) in [6.45, 7) is -1.18. The minimum absolute atomic E-state index is 0.0598. The highest BCUT2D eigenvalue weighted by molar-refractivity contribution is 6.13. The van der Waals surface area contributed by atoms with Gasteiger partial charge in [-0.15, -0.1) is 0 Å². The number of amides is 1. The molecule has 3 aromatic rings. The van der Waals surface area contributed by atoms with Crippen LogP contribution in [0.3, 0.4) is 0 Å². The number of hydrogen-bond donors (Lipinski definition) is 4. The average molecular weight is 584 g/mol. The number of esters is 1. The fraction of sp³-hybridized carbons (Fsp3) is 0.379. The molecule has 42 heavy (non-hydrogen) atoms. The van der Waals surface area contributed by atoms with Gasteiger partial charge in [-0.05, 0) is 46.3 Å². The molecule has 6 rings (SSSR count). The van der Waals surface area contributed by atoms with Crippen LogP contribution >= 0.6 is 0 Å². The molecule has 0 saturated carbocycles. The molecule has 222 valence electrons. The standard InChI is InChI=1S/C29H29NO12/c1-30(2)29(36)42-26-19(33)11-38-28(24(26)34)41-25-17-6-15(9-32)14(8-31)5-16(17)22(23-18(25)10-37-27(23)35)13-3-4-20-21(7-13)40-12-39-20/h3-7,19,24,26,28,31-34H,8-12H2,1-2H3/t19-,24-,26+,28?/m1/s1. The Kier molecular flexibility index (Phi) is 7.29. The van der Waals surface area contributed by atoms with Crippen molar-refractivity contribution in [1.82, 2.24) is 4.90 Å². The minimum Gasteiger partial charge on any atom is -0.461 e. The summed E-state index contributed by atoms with van der Waals surface area (Å²) in [5.41, 5.74) is 2.51. The zero-order valence-electron chi connectivity index (χ0n) is 22.7. The molecule has 1 unspecified atom stereocenters. The first-order valence-electron chi connectivity index (χ1n) is 13.2. The van der Waals surface area contributed by atoms with Crippen LogP contribution in [0.5, 0.6) is 17.2 Å². The highest BCUT2D eigenvalue weighted by Crippen LogP contribution is 2.48. The van der Waals surface area contributed by atoms with E-state index in [0.717, 1.165) is 4.90 Å². The highest BCUT2D eigenvalue weighted by Gasteiger charge is 2.44. The summed E-state index contributed by atoms with van der Waals surface area (Å²) in [4.78, 5) is 26.5. The number of carbonyl (C=O) groups excluding carboxylic acids is 2. The lowest BCUT2D eigenvalue weighted by Gasteiger charge is -2.37. The Morgan fingerprint density at radius 1 is 0.976 bits per heavy atom. The van der Waals surface area contributed by atoms with Gasteiger partial charge in [-0.1, -0.05) is 6.07 Å². The quantitative estimate of drug-likeness (QED) is 0.308. The number of fused-ring (bicyclic) bond motifs is 3. The van der Waals surface area contributed by atoms with Crippen LogP contribution in [0.1, 0.15) is 27.0 Å². The second kappa shape index (κ2) is 10.9. The van der Waals surface area contributed by atoms with Gasteiger partial charge in [-0.2, -0.15) is 0 Å². The fourth-order valence-corrected chi connectivity index (χ4v) is 5.36. The predicted octanol–water partition coefficient (Wildman–Crippen LogP) is 1.41. The van der Waals surface area contributed by atoms with Crippen molar-refractivity contribution >= 4 is 22.8 Å². The van der Waals surface area contributed by atoms with Crippen molar-refractivity contribution < 1.29 is 58.4 Å². The van der Waals surface area contributed by atoms with E-state index < -0.39 is 43.3 Å². The molecular formula is C29H29NO12. The Hall–Kier alpha value is -4.14. The molecule has 4 atom stereocenters. The van der Waals surface area contributed by atoms with Crippen LogP contribution in [0.2, 0.25) is 0 Å². The average Bonchev–Trinajstić information content (AvgIpc) is 3.61. The van der Waals surface area contributed by atoms with Crippen LogP contribution in [0.25, 0.3) is 21.9 Å². The molecule has 1 fully saturated rings. The van der Waals surface area contributed by atoms with E-state index >= 15 is 0 Å². The first kappa shape index (κ1) is 28.0. The van der Waals surface area contributed by atoms with Crippen LogP contribution in [-0.4, -0.2) is 89.5 Å². The topological polar surface area (TPSA) is 174 Å². The molecule has 1 amide bonds. The molecule has 3 aromatic carbocycles. The molecule has 13 nitrogen and oxygen atoms in total. The van der Waals surface area contributed by atoms with Gasteiger partial charge in [-0.25, -0.2) is 9.59 Å². The van der Waals surface area contributed by atoms with E-state index in [-0.39, 0.29) is 37.9 Å². The first-order chi connectivity index (χ1) is 20.2. The predicted molar refractivity (Wildman–Crippen MR) is 143 cm³/mol. The van der Waals surface area contributed by atoms with Crippen LogP contribution in [0.4, 0.5) is 4.79 Å². The van der Waals surface area contributed by atoms with Gasteiger partial charge in [0.25, 0.3) is 0 Å². The van der Waals surface area contributed by atoms with Gasteiger partial charge in [0.2, 0.25) is 13.1 Å². The lowest BCUT2D eigenvalue weighted by atomic mass is 9.87. The lowest BCUT2D eigenvalue weighted by Crippen LogP contribution is -2.57. The molecule has 0 aliphatic carbocycles.